The van der Waals surface area contributed by atoms with Crippen LogP contribution in [0, 0.1) is 13.8 Å². The molecule has 1 aromatic carbocycles. The Morgan fingerprint density at radius 3 is 2.63 bits per heavy atom. The average Bonchev–Trinajstić information content (AvgIpc) is 2.33. The molecule has 0 spiro atoms. The van der Waals surface area contributed by atoms with Crippen LogP contribution in [0.15, 0.2) is 18.2 Å². The minimum absolute atomic E-state index is 0.0222. The smallest absolute Gasteiger partial charge is 0.150 e. The Kier molecular flexibility index (Phi) is 4.19. The van der Waals surface area contributed by atoms with Crippen molar-refractivity contribution in [2.75, 3.05) is 6.26 Å². The van der Waals surface area contributed by atoms with Crippen LogP contribution in [0.25, 0.3) is 0 Å². The topological polar surface area (TPSA) is 43.4 Å². The molecule has 0 aromatic heterocycles. The molecule has 1 aromatic rings. The van der Waals surface area contributed by atoms with Gasteiger partial charge >= 0.3 is 0 Å². The summed E-state index contributed by atoms with van der Waals surface area (Å²) in [6.45, 7) is 4.05. The summed E-state index contributed by atoms with van der Waals surface area (Å²) in [5.41, 5.74) is 2.27. The quantitative estimate of drug-likeness (QED) is 0.856. The van der Waals surface area contributed by atoms with Crippen LogP contribution >= 0.6 is 0 Å². The lowest BCUT2D eigenvalue weighted by Crippen LogP contribution is -2.33. The molecule has 1 aliphatic rings. The van der Waals surface area contributed by atoms with Crippen molar-refractivity contribution in [3.8, 4) is 5.75 Å². The summed E-state index contributed by atoms with van der Waals surface area (Å²) in [5, 5.41) is -0.239. The first-order valence-corrected chi connectivity index (χ1v) is 8.74. The van der Waals surface area contributed by atoms with Gasteiger partial charge in [-0.25, -0.2) is 8.42 Å². The number of hydrogen-bond acceptors (Lipinski definition) is 3. The van der Waals surface area contributed by atoms with Gasteiger partial charge in [0.2, 0.25) is 0 Å². The number of hydrogen-bond donors (Lipinski definition) is 0. The van der Waals surface area contributed by atoms with Gasteiger partial charge in [-0.1, -0.05) is 12.1 Å². The average molecular weight is 282 g/mol. The van der Waals surface area contributed by atoms with E-state index >= 15 is 0 Å². The summed E-state index contributed by atoms with van der Waals surface area (Å²) in [4.78, 5) is 0. The van der Waals surface area contributed by atoms with Gasteiger partial charge in [0.1, 0.15) is 15.6 Å². The van der Waals surface area contributed by atoms with Gasteiger partial charge in [-0.05, 0) is 50.3 Å². The number of sulfone groups is 1. The zero-order chi connectivity index (χ0) is 14.0. The third-order valence-electron chi connectivity index (χ3n) is 3.82. The number of rotatable bonds is 3. The minimum Gasteiger partial charge on any atom is -0.490 e. The second kappa shape index (κ2) is 5.53. The van der Waals surface area contributed by atoms with E-state index in [4.69, 9.17) is 4.74 Å². The van der Waals surface area contributed by atoms with Crippen LogP contribution in [-0.2, 0) is 9.84 Å². The molecule has 4 heteroatoms. The van der Waals surface area contributed by atoms with Crippen LogP contribution < -0.4 is 4.74 Å². The van der Waals surface area contributed by atoms with E-state index < -0.39 is 9.84 Å². The zero-order valence-corrected chi connectivity index (χ0v) is 12.7. The Bertz CT molecular complexity index is 549. The highest BCUT2D eigenvalue weighted by atomic mass is 32.2. The predicted molar refractivity (Wildman–Crippen MR) is 77.4 cm³/mol. The second-order valence-electron chi connectivity index (χ2n) is 5.63. The summed E-state index contributed by atoms with van der Waals surface area (Å²) in [6, 6.07) is 6.13. The van der Waals surface area contributed by atoms with Gasteiger partial charge in [0.15, 0.2) is 0 Å². The van der Waals surface area contributed by atoms with Crippen LogP contribution in [-0.4, -0.2) is 26.0 Å². The molecular formula is C15H22O3S. The summed E-state index contributed by atoms with van der Waals surface area (Å²) < 4.78 is 29.3. The molecule has 3 nitrogen and oxygen atoms in total. The molecule has 2 unspecified atom stereocenters. The van der Waals surface area contributed by atoms with Gasteiger partial charge in [-0.3, -0.25) is 0 Å². The maximum Gasteiger partial charge on any atom is 0.150 e. The van der Waals surface area contributed by atoms with Crippen molar-refractivity contribution in [3.63, 3.8) is 0 Å². The van der Waals surface area contributed by atoms with E-state index in [2.05, 4.69) is 6.07 Å². The maximum absolute atomic E-state index is 11.6. The van der Waals surface area contributed by atoms with E-state index in [0.717, 1.165) is 36.1 Å². The van der Waals surface area contributed by atoms with Gasteiger partial charge in [-0.15, -0.1) is 0 Å². The standard InChI is InChI=1S/C15H22O3S/c1-11-7-8-12(2)15(9-11)18-13-5-4-6-14(10-13)19(3,16)17/h7-9,13-14H,4-6,10H2,1-3H3. The Morgan fingerprint density at radius 2 is 1.95 bits per heavy atom. The normalized spacial score (nSPS) is 24.2. The minimum atomic E-state index is -2.95. The maximum atomic E-state index is 11.6. The Morgan fingerprint density at radius 1 is 1.21 bits per heavy atom. The first-order chi connectivity index (χ1) is 8.86. The molecule has 0 saturated heterocycles. The van der Waals surface area contributed by atoms with E-state index in [-0.39, 0.29) is 11.4 Å². The molecule has 2 rings (SSSR count). The first kappa shape index (κ1) is 14.4. The fourth-order valence-electron chi connectivity index (χ4n) is 2.61. The molecule has 0 aliphatic heterocycles. The van der Waals surface area contributed by atoms with Crippen LogP contribution in [0.1, 0.15) is 36.8 Å². The van der Waals surface area contributed by atoms with E-state index in [1.165, 1.54) is 6.26 Å². The van der Waals surface area contributed by atoms with Gasteiger partial charge in [0, 0.05) is 12.7 Å². The van der Waals surface area contributed by atoms with Crippen molar-refractivity contribution in [2.45, 2.75) is 50.9 Å². The van der Waals surface area contributed by atoms with Crippen LogP contribution in [0.4, 0.5) is 0 Å². The highest BCUT2D eigenvalue weighted by Gasteiger charge is 2.30. The molecule has 1 fully saturated rings. The number of ether oxygens (including phenoxy) is 1. The summed E-state index contributed by atoms with van der Waals surface area (Å²) in [6.07, 6.45) is 4.61. The van der Waals surface area contributed by atoms with Crippen LogP contribution in [0.5, 0.6) is 5.75 Å². The lowest BCUT2D eigenvalue weighted by atomic mass is 9.97. The van der Waals surface area contributed by atoms with Gasteiger partial charge < -0.3 is 4.74 Å². The van der Waals surface area contributed by atoms with E-state index in [1.807, 2.05) is 26.0 Å². The fraction of sp³-hybridized carbons (Fsp3) is 0.600. The van der Waals surface area contributed by atoms with Crippen molar-refractivity contribution >= 4 is 9.84 Å². The largest absolute Gasteiger partial charge is 0.490 e. The van der Waals surface area contributed by atoms with E-state index in [0.29, 0.717) is 6.42 Å². The van der Waals surface area contributed by atoms with Crippen LogP contribution in [0.3, 0.4) is 0 Å². The van der Waals surface area contributed by atoms with Gasteiger partial charge in [0.05, 0.1) is 11.4 Å². The predicted octanol–water partition coefficient (Wildman–Crippen LogP) is 3.04. The van der Waals surface area contributed by atoms with Crippen molar-refractivity contribution in [2.24, 2.45) is 0 Å². The van der Waals surface area contributed by atoms with Gasteiger partial charge in [-0.2, -0.15) is 0 Å². The lowest BCUT2D eigenvalue weighted by molar-refractivity contribution is 0.155. The SMILES string of the molecule is Cc1ccc(C)c(OC2CCCC(S(C)(=O)=O)C2)c1. The Balaban J connectivity index is 2.09. The number of benzene rings is 1. The molecular weight excluding hydrogens is 260 g/mol. The zero-order valence-electron chi connectivity index (χ0n) is 11.8. The van der Waals surface area contributed by atoms with E-state index in [1.54, 1.807) is 0 Å². The first-order valence-electron chi connectivity index (χ1n) is 6.79. The lowest BCUT2D eigenvalue weighted by Gasteiger charge is -2.29. The summed E-state index contributed by atoms with van der Waals surface area (Å²) in [7, 11) is -2.95. The van der Waals surface area contributed by atoms with Crippen molar-refractivity contribution < 1.29 is 13.2 Å². The molecule has 0 N–H and O–H groups in total. The third kappa shape index (κ3) is 3.72. The summed E-state index contributed by atoms with van der Waals surface area (Å²) in [5.74, 6) is 0.888. The second-order valence-corrected chi connectivity index (χ2v) is 7.95. The number of aryl methyl sites for hydroxylation is 2. The van der Waals surface area contributed by atoms with Gasteiger partial charge in [0.25, 0.3) is 0 Å². The fourth-order valence-corrected chi connectivity index (χ4v) is 3.77. The van der Waals surface area contributed by atoms with Crippen LogP contribution in [0.2, 0.25) is 0 Å². The molecule has 0 bridgehead atoms. The monoisotopic (exact) mass is 282 g/mol. The molecule has 0 amide bonds. The molecule has 1 saturated carbocycles. The molecule has 0 heterocycles. The highest BCUT2D eigenvalue weighted by Crippen LogP contribution is 2.29. The Hall–Kier alpha value is -1.03. The summed E-state index contributed by atoms with van der Waals surface area (Å²) >= 11 is 0. The third-order valence-corrected chi connectivity index (χ3v) is 5.46. The molecule has 2 atom stereocenters. The molecule has 19 heavy (non-hydrogen) atoms. The highest BCUT2D eigenvalue weighted by molar-refractivity contribution is 7.91. The van der Waals surface area contributed by atoms with E-state index in [9.17, 15) is 8.42 Å². The van der Waals surface area contributed by atoms with Crippen molar-refractivity contribution in [1.82, 2.24) is 0 Å². The van der Waals surface area contributed by atoms with Crippen molar-refractivity contribution in [1.29, 1.82) is 0 Å². The molecule has 1 aliphatic carbocycles. The Labute approximate surface area is 115 Å². The molecule has 106 valence electrons. The molecule has 0 radical (unpaired) electrons. The van der Waals surface area contributed by atoms with Crippen molar-refractivity contribution in [3.05, 3.63) is 29.3 Å².